The van der Waals surface area contributed by atoms with Gasteiger partial charge in [0.05, 0.1) is 11.6 Å². The van der Waals surface area contributed by atoms with E-state index in [0.717, 1.165) is 21.9 Å². The second-order valence-corrected chi connectivity index (χ2v) is 5.94. The second kappa shape index (κ2) is 5.72. The monoisotopic (exact) mass is 308 g/mol. The quantitative estimate of drug-likeness (QED) is 0.456. The normalized spacial score (nSPS) is 11.8. The molecule has 2 nitrogen and oxygen atoms in total. The van der Waals surface area contributed by atoms with E-state index < -0.39 is 0 Å². The number of aryl methyl sites for hydroxylation is 1. The van der Waals surface area contributed by atoms with E-state index in [4.69, 9.17) is 0 Å². The van der Waals surface area contributed by atoms with Crippen LogP contribution in [0.4, 0.5) is 0 Å². The van der Waals surface area contributed by atoms with Crippen molar-refractivity contribution in [3.8, 4) is 6.07 Å². The fourth-order valence-corrected chi connectivity index (χ4v) is 3.18. The molecule has 0 radical (unpaired) electrons. The van der Waals surface area contributed by atoms with Crippen LogP contribution in [0.25, 0.3) is 33.3 Å². The summed E-state index contributed by atoms with van der Waals surface area (Å²) in [6, 6.07) is 25.0. The first-order valence-corrected chi connectivity index (χ1v) is 7.91. The molecule has 1 aromatic heterocycles. The van der Waals surface area contributed by atoms with Crippen molar-refractivity contribution in [2.75, 3.05) is 0 Å². The van der Waals surface area contributed by atoms with Crippen LogP contribution in [-0.4, -0.2) is 4.57 Å². The van der Waals surface area contributed by atoms with Gasteiger partial charge in [-0.15, -0.1) is 0 Å². The molecule has 0 amide bonds. The topological polar surface area (TPSA) is 28.7 Å². The SMILES string of the molecule is Cn1cc(/C=C(/C#N)c2ccc3ccccc3c2)c2ccccc21. The van der Waals surface area contributed by atoms with Crippen molar-refractivity contribution in [2.45, 2.75) is 0 Å². The summed E-state index contributed by atoms with van der Waals surface area (Å²) in [5.41, 5.74) is 3.86. The molecule has 0 unspecified atom stereocenters. The van der Waals surface area contributed by atoms with Crippen LogP contribution in [0.15, 0.2) is 72.9 Å². The van der Waals surface area contributed by atoms with E-state index in [1.54, 1.807) is 0 Å². The van der Waals surface area contributed by atoms with E-state index in [-0.39, 0.29) is 0 Å². The summed E-state index contributed by atoms with van der Waals surface area (Å²) < 4.78 is 2.09. The van der Waals surface area contributed by atoms with Gasteiger partial charge in [-0.05, 0) is 34.5 Å². The zero-order valence-electron chi connectivity index (χ0n) is 13.4. The second-order valence-electron chi connectivity index (χ2n) is 5.94. The van der Waals surface area contributed by atoms with Crippen LogP contribution in [0.2, 0.25) is 0 Å². The van der Waals surface area contributed by atoms with Crippen LogP contribution in [-0.2, 0) is 7.05 Å². The molecular formula is C22H16N2. The van der Waals surface area contributed by atoms with Gasteiger partial charge in [-0.3, -0.25) is 0 Å². The molecule has 0 aliphatic carbocycles. The zero-order chi connectivity index (χ0) is 16.5. The Morgan fingerprint density at radius 2 is 1.71 bits per heavy atom. The summed E-state index contributed by atoms with van der Waals surface area (Å²) in [6.07, 6.45) is 4.05. The van der Waals surface area contributed by atoms with E-state index >= 15 is 0 Å². The highest BCUT2D eigenvalue weighted by atomic mass is 14.9. The molecule has 0 fully saturated rings. The first kappa shape index (κ1) is 14.3. The van der Waals surface area contributed by atoms with Crippen molar-refractivity contribution in [3.63, 3.8) is 0 Å². The Morgan fingerprint density at radius 3 is 2.54 bits per heavy atom. The van der Waals surface area contributed by atoms with Crippen molar-refractivity contribution in [1.29, 1.82) is 5.26 Å². The molecule has 0 spiro atoms. The minimum atomic E-state index is 0.678. The number of fused-ring (bicyclic) bond motifs is 2. The van der Waals surface area contributed by atoms with E-state index in [9.17, 15) is 5.26 Å². The van der Waals surface area contributed by atoms with Crippen LogP contribution in [0.3, 0.4) is 0 Å². The summed E-state index contributed by atoms with van der Waals surface area (Å²) in [5.74, 6) is 0. The van der Waals surface area contributed by atoms with Gasteiger partial charge in [-0.1, -0.05) is 54.6 Å². The third-order valence-corrected chi connectivity index (χ3v) is 4.41. The van der Waals surface area contributed by atoms with Crippen molar-refractivity contribution in [3.05, 3.63) is 84.1 Å². The van der Waals surface area contributed by atoms with E-state index in [2.05, 4.69) is 53.2 Å². The highest BCUT2D eigenvalue weighted by Gasteiger charge is 2.07. The Labute approximate surface area is 140 Å². The van der Waals surface area contributed by atoms with Crippen LogP contribution >= 0.6 is 0 Å². The molecule has 0 atom stereocenters. The predicted molar refractivity (Wildman–Crippen MR) is 100 cm³/mol. The average molecular weight is 308 g/mol. The maximum atomic E-state index is 9.67. The molecule has 3 aromatic carbocycles. The predicted octanol–water partition coefficient (Wildman–Crippen LogP) is 5.40. The Hall–Kier alpha value is -3.31. The molecule has 0 saturated heterocycles. The van der Waals surface area contributed by atoms with Gasteiger partial charge in [-0.2, -0.15) is 5.26 Å². The number of nitrogens with zero attached hydrogens (tertiary/aromatic N) is 2. The van der Waals surface area contributed by atoms with E-state index in [0.29, 0.717) is 5.57 Å². The summed E-state index contributed by atoms with van der Waals surface area (Å²) in [7, 11) is 2.03. The maximum Gasteiger partial charge on any atom is 0.0998 e. The van der Waals surface area contributed by atoms with Crippen LogP contribution in [0, 0.1) is 11.3 Å². The standard InChI is InChI=1S/C22H16N2/c1-24-15-20(21-8-4-5-9-22(21)24)13-19(14-23)18-11-10-16-6-2-3-7-17(16)12-18/h2-13,15H,1H3/b19-13-. The van der Waals surface area contributed by atoms with Gasteiger partial charge >= 0.3 is 0 Å². The lowest BCUT2D eigenvalue weighted by molar-refractivity contribution is 0.968. The summed E-state index contributed by atoms with van der Waals surface area (Å²) in [5, 5.41) is 13.2. The molecule has 4 aromatic rings. The van der Waals surface area contributed by atoms with Crippen LogP contribution in [0.1, 0.15) is 11.1 Å². The van der Waals surface area contributed by atoms with Gasteiger partial charge in [0.1, 0.15) is 0 Å². The molecule has 0 bridgehead atoms. The molecular weight excluding hydrogens is 292 g/mol. The fourth-order valence-electron chi connectivity index (χ4n) is 3.18. The minimum absolute atomic E-state index is 0.678. The van der Waals surface area contributed by atoms with Crippen molar-refractivity contribution in [2.24, 2.45) is 7.05 Å². The largest absolute Gasteiger partial charge is 0.350 e. The highest BCUT2D eigenvalue weighted by Crippen LogP contribution is 2.27. The van der Waals surface area contributed by atoms with Crippen LogP contribution in [0.5, 0.6) is 0 Å². The number of allylic oxidation sites excluding steroid dienone is 1. The third-order valence-electron chi connectivity index (χ3n) is 4.41. The average Bonchev–Trinajstić information content (AvgIpc) is 2.95. The molecule has 114 valence electrons. The molecule has 0 aliphatic rings. The van der Waals surface area contributed by atoms with Gasteiger partial charge in [0.2, 0.25) is 0 Å². The lowest BCUT2D eigenvalue weighted by atomic mass is 10.00. The molecule has 0 aliphatic heterocycles. The summed E-state index contributed by atoms with van der Waals surface area (Å²) in [6.45, 7) is 0. The van der Waals surface area contributed by atoms with Crippen molar-refractivity contribution >= 4 is 33.3 Å². The van der Waals surface area contributed by atoms with Crippen molar-refractivity contribution in [1.82, 2.24) is 4.57 Å². The Kier molecular flexibility index (Phi) is 3.40. The third kappa shape index (κ3) is 2.37. The molecule has 4 rings (SSSR count). The summed E-state index contributed by atoms with van der Waals surface area (Å²) >= 11 is 0. The van der Waals surface area contributed by atoms with Crippen molar-refractivity contribution < 1.29 is 0 Å². The molecule has 0 saturated carbocycles. The lowest BCUT2D eigenvalue weighted by Crippen LogP contribution is -1.83. The Morgan fingerprint density at radius 1 is 0.958 bits per heavy atom. The van der Waals surface area contributed by atoms with Gasteiger partial charge in [0.25, 0.3) is 0 Å². The Bertz CT molecular complexity index is 1120. The van der Waals surface area contributed by atoms with E-state index in [1.165, 1.54) is 10.9 Å². The molecule has 1 heterocycles. The minimum Gasteiger partial charge on any atom is -0.350 e. The summed E-state index contributed by atoms with van der Waals surface area (Å²) in [4.78, 5) is 0. The number of hydrogen-bond acceptors (Lipinski definition) is 1. The first-order valence-electron chi connectivity index (χ1n) is 7.91. The number of para-hydroxylation sites is 1. The van der Waals surface area contributed by atoms with Gasteiger partial charge < -0.3 is 4.57 Å². The molecule has 0 N–H and O–H groups in total. The number of nitriles is 1. The lowest BCUT2D eigenvalue weighted by Gasteiger charge is -2.02. The maximum absolute atomic E-state index is 9.67. The Balaban J connectivity index is 1.87. The number of benzene rings is 3. The number of hydrogen-bond donors (Lipinski definition) is 0. The number of aromatic nitrogens is 1. The zero-order valence-corrected chi connectivity index (χ0v) is 13.4. The van der Waals surface area contributed by atoms with Gasteiger partial charge in [0.15, 0.2) is 0 Å². The highest BCUT2D eigenvalue weighted by molar-refractivity contribution is 5.99. The molecule has 24 heavy (non-hydrogen) atoms. The fraction of sp³-hybridized carbons (Fsp3) is 0.0455. The molecule has 2 heteroatoms. The van der Waals surface area contributed by atoms with Gasteiger partial charge in [0, 0.05) is 29.7 Å². The van der Waals surface area contributed by atoms with E-state index in [1.807, 2.05) is 43.5 Å². The van der Waals surface area contributed by atoms with Gasteiger partial charge in [-0.25, -0.2) is 0 Å². The van der Waals surface area contributed by atoms with Crippen LogP contribution < -0.4 is 0 Å². The first-order chi connectivity index (χ1) is 11.8. The number of rotatable bonds is 2. The smallest absolute Gasteiger partial charge is 0.0998 e.